The Labute approximate surface area is 160 Å². The summed E-state index contributed by atoms with van der Waals surface area (Å²) in [6.07, 6.45) is 0.378. The highest BCUT2D eigenvalue weighted by Crippen LogP contribution is 2.26. The van der Waals surface area contributed by atoms with Crippen molar-refractivity contribution in [3.05, 3.63) is 76.5 Å². The van der Waals surface area contributed by atoms with Gasteiger partial charge in [0.1, 0.15) is 0 Å². The molecule has 2 aromatic carbocycles. The molecular weight excluding hydrogens is 358 g/mol. The van der Waals surface area contributed by atoms with E-state index < -0.39 is 0 Å². The molecule has 0 saturated carbocycles. The third-order valence-electron chi connectivity index (χ3n) is 4.13. The SMILES string of the molecule is Cc1ccccc1-c1nnc(-c2ccc(NC(=O)Cc3cccs3)cc2)o1. The minimum Gasteiger partial charge on any atom is -0.416 e. The fourth-order valence-corrected chi connectivity index (χ4v) is 3.44. The summed E-state index contributed by atoms with van der Waals surface area (Å²) < 4.78 is 5.82. The number of benzene rings is 2. The highest BCUT2D eigenvalue weighted by atomic mass is 32.1. The molecule has 6 heteroatoms. The standard InChI is InChI=1S/C21H17N3O2S/c1-14-5-2-3-7-18(14)21-24-23-20(26-21)15-8-10-16(11-9-15)22-19(25)13-17-6-4-12-27-17/h2-12H,13H2,1H3,(H,22,25). The van der Waals surface area contributed by atoms with Crippen LogP contribution < -0.4 is 5.32 Å². The molecule has 134 valence electrons. The number of thiophene rings is 1. The number of aryl methyl sites for hydroxylation is 1. The summed E-state index contributed by atoms with van der Waals surface area (Å²) in [5.41, 5.74) is 3.54. The fraction of sp³-hybridized carbons (Fsp3) is 0.0952. The molecule has 5 nitrogen and oxygen atoms in total. The van der Waals surface area contributed by atoms with E-state index in [-0.39, 0.29) is 5.91 Å². The van der Waals surface area contributed by atoms with Crippen LogP contribution >= 0.6 is 11.3 Å². The Morgan fingerprint density at radius 3 is 2.52 bits per heavy atom. The van der Waals surface area contributed by atoms with E-state index in [0.29, 0.717) is 18.2 Å². The molecule has 0 radical (unpaired) electrons. The van der Waals surface area contributed by atoms with Gasteiger partial charge < -0.3 is 9.73 Å². The van der Waals surface area contributed by atoms with Gasteiger partial charge in [-0.05, 0) is 54.3 Å². The number of carbonyl (C=O) groups excluding carboxylic acids is 1. The van der Waals surface area contributed by atoms with Gasteiger partial charge in [-0.15, -0.1) is 21.5 Å². The number of amides is 1. The first-order chi connectivity index (χ1) is 13.2. The van der Waals surface area contributed by atoms with E-state index in [4.69, 9.17) is 4.42 Å². The number of nitrogens with zero attached hydrogens (tertiary/aromatic N) is 2. The van der Waals surface area contributed by atoms with Gasteiger partial charge in [0.2, 0.25) is 17.7 Å². The van der Waals surface area contributed by atoms with Crippen LogP contribution in [0.1, 0.15) is 10.4 Å². The second-order valence-electron chi connectivity index (χ2n) is 6.11. The van der Waals surface area contributed by atoms with Gasteiger partial charge in [-0.3, -0.25) is 4.79 Å². The predicted octanol–water partition coefficient (Wildman–Crippen LogP) is 4.95. The number of hydrogen-bond donors (Lipinski definition) is 1. The lowest BCUT2D eigenvalue weighted by Crippen LogP contribution is -2.13. The lowest BCUT2D eigenvalue weighted by molar-refractivity contribution is -0.115. The molecule has 1 amide bonds. The summed E-state index contributed by atoms with van der Waals surface area (Å²) in [5.74, 6) is 0.908. The zero-order valence-electron chi connectivity index (χ0n) is 14.7. The molecule has 27 heavy (non-hydrogen) atoms. The predicted molar refractivity (Wildman–Crippen MR) is 107 cm³/mol. The number of hydrogen-bond acceptors (Lipinski definition) is 5. The Balaban J connectivity index is 1.46. The van der Waals surface area contributed by atoms with Gasteiger partial charge in [0.05, 0.1) is 6.42 Å². The molecule has 0 unspecified atom stereocenters. The van der Waals surface area contributed by atoms with Crippen LogP contribution in [0.5, 0.6) is 0 Å². The van der Waals surface area contributed by atoms with E-state index in [1.807, 2.05) is 73.0 Å². The molecule has 0 aliphatic heterocycles. The molecule has 0 aliphatic carbocycles. The van der Waals surface area contributed by atoms with Gasteiger partial charge in [0.25, 0.3) is 0 Å². The maximum Gasteiger partial charge on any atom is 0.248 e. The number of nitrogens with one attached hydrogen (secondary N) is 1. The Kier molecular flexibility index (Phi) is 4.80. The third kappa shape index (κ3) is 3.96. The fourth-order valence-electron chi connectivity index (χ4n) is 2.73. The van der Waals surface area contributed by atoms with Gasteiger partial charge in [-0.2, -0.15) is 0 Å². The number of rotatable bonds is 5. The van der Waals surface area contributed by atoms with Crippen LogP contribution in [0.4, 0.5) is 5.69 Å². The van der Waals surface area contributed by atoms with Gasteiger partial charge in [0, 0.05) is 21.7 Å². The first kappa shape index (κ1) is 17.2. The second kappa shape index (κ2) is 7.55. The van der Waals surface area contributed by atoms with Crippen LogP contribution in [0.15, 0.2) is 70.5 Å². The zero-order valence-corrected chi connectivity index (χ0v) is 15.5. The van der Waals surface area contributed by atoms with E-state index in [0.717, 1.165) is 27.3 Å². The maximum atomic E-state index is 12.1. The Hall–Kier alpha value is -3.25. The second-order valence-corrected chi connectivity index (χ2v) is 7.14. The molecule has 0 bridgehead atoms. The molecule has 2 aromatic heterocycles. The largest absolute Gasteiger partial charge is 0.416 e. The van der Waals surface area contributed by atoms with Crippen LogP contribution in [0.2, 0.25) is 0 Å². The van der Waals surface area contributed by atoms with Crippen molar-refractivity contribution in [1.29, 1.82) is 0 Å². The lowest BCUT2D eigenvalue weighted by Gasteiger charge is -2.04. The highest BCUT2D eigenvalue weighted by Gasteiger charge is 2.12. The molecule has 0 aliphatic rings. The average molecular weight is 375 g/mol. The van der Waals surface area contributed by atoms with E-state index in [2.05, 4.69) is 15.5 Å². The summed E-state index contributed by atoms with van der Waals surface area (Å²) in [4.78, 5) is 13.1. The topological polar surface area (TPSA) is 68.0 Å². The van der Waals surface area contributed by atoms with Gasteiger partial charge in [0.15, 0.2) is 0 Å². The van der Waals surface area contributed by atoms with E-state index in [1.54, 1.807) is 11.3 Å². The van der Waals surface area contributed by atoms with Gasteiger partial charge in [-0.25, -0.2) is 0 Å². The summed E-state index contributed by atoms with van der Waals surface area (Å²) in [5, 5.41) is 13.2. The van der Waals surface area contributed by atoms with Crippen molar-refractivity contribution in [1.82, 2.24) is 10.2 Å². The molecule has 0 spiro atoms. The van der Waals surface area contributed by atoms with Crippen LogP contribution in [0, 0.1) is 6.92 Å². The van der Waals surface area contributed by atoms with Crippen molar-refractivity contribution in [2.75, 3.05) is 5.32 Å². The summed E-state index contributed by atoms with van der Waals surface area (Å²) in [6, 6.07) is 19.2. The van der Waals surface area contributed by atoms with Crippen molar-refractivity contribution >= 4 is 22.9 Å². The lowest BCUT2D eigenvalue weighted by atomic mass is 10.1. The van der Waals surface area contributed by atoms with Gasteiger partial charge in [-0.1, -0.05) is 24.3 Å². The van der Waals surface area contributed by atoms with Crippen molar-refractivity contribution in [2.24, 2.45) is 0 Å². The van der Waals surface area contributed by atoms with E-state index in [1.165, 1.54) is 0 Å². The van der Waals surface area contributed by atoms with Crippen molar-refractivity contribution in [2.45, 2.75) is 13.3 Å². The quantitative estimate of drug-likeness (QED) is 0.536. The van der Waals surface area contributed by atoms with Gasteiger partial charge >= 0.3 is 0 Å². The monoisotopic (exact) mass is 375 g/mol. The summed E-state index contributed by atoms with van der Waals surface area (Å²) >= 11 is 1.57. The van der Waals surface area contributed by atoms with E-state index in [9.17, 15) is 4.79 Å². The highest BCUT2D eigenvalue weighted by molar-refractivity contribution is 7.10. The molecular formula is C21H17N3O2S. The zero-order chi connectivity index (χ0) is 18.6. The number of carbonyl (C=O) groups is 1. The Bertz CT molecular complexity index is 1050. The molecule has 4 aromatic rings. The molecule has 0 saturated heterocycles. The molecule has 2 heterocycles. The van der Waals surface area contributed by atoms with E-state index >= 15 is 0 Å². The van der Waals surface area contributed by atoms with Crippen LogP contribution in [-0.2, 0) is 11.2 Å². The number of aromatic nitrogens is 2. The van der Waals surface area contributed by atoms with Crippen molar-refractivity contribution in [3.63, 3.8) is 0 Å². The summed E-state index contributed by atoms with van der Waals surface area (Å²) in [7, 11) is 0. The Morgan fingerprint density at radius 2 is 1.78 bits per heavy atom. The normalized spacial score (nSPS) is 10.7. The van der Waals surface area contributed by atoms with Crippen LogP contribution in [0.25, 0.3) is 22.9 Å². The molecule has 1 N–H and O–H groups in total. The first-order valence-electron chi connectivity index (χ1n) is 8.51. The van der Waals surface area contributed by atoms with Crippen molar-refractivity contribution in [3.8, 4) is 22.9 Å². The molecule has 0 fully saturated rings. The Morgan fingerprint density at radius 1 is 1.00 bits per heavy atom. The number of anilines is 1. The average Bonchev–Trinajstić information content (AvgIpc) is 3.35. The minimum atomic E-state index is -0.0372. The molecule has 4 rings (SSSR count). The maximum absolute atomic E-state index is 12.1. The smallest absolute Gasteiger partial charge is 0.248 e. The van der Waals surface area contributed by atoms with Crippen LogP contribution in [0.3, 0.4) is 0 Å². The van der Waals surface area contributed by atoms with Crippen molar-refractivity contribution < 1.29 is 9.21 Å². The minimum absolute atomic E-state index is 0.0372. The third-order valence-corrected chi connectivity index (χ3v) is 5.01. The first-order valence-corrected chi connectivity index (χ1v) is 9.39. The summed E-state index contributed by atoms with van der Waals surface area (Å²) in [6.45, 7) is 2.01. The van der Waals surface area contributed by atoms with Crippen LogP contribution in [-0.4, -0.2) is 16.1 Å². The molecule has 0 atom stereocenters.